The number of unbranched alkanes of at least 4 members (excludes halogenated alkanes) is 2. The molecular formula is C15H17Cl2N3O2. The maximum atomic E-state index is 12.0. The van der Waals surface area contributed by atoms with Gasteiger partial charge in [-0.05, 0) is 37.5 Å². The molecule has 0 heterocycles. The van der Waals surface area contributed by atoms with Crippen molar-refractivity contribution in [2.45, 2.75) is 19.3 Å². The lowest BCUT2D eigenvalue weighted by atomic mass is 10.2. The first-order chi connectivity index (χ1) is 10.6. The zero-order valence-electron chi connectivity index (χ0n) is 11.9. The predicted molar refractivity (Wildman–Crippen MR) is 87.7 cm³/mol. The minimum absolute atomic E-state index is 0.0572. The van der Waals surface area contributed by atoms with Crippen molar-refractivity contribution in [2.24, 2.45) is 0 Å². The Morgan fingerprint density at radius 1 is 1.32 bits per heavy atom. The zero-order valence-corrected chi connectivity index (χ0v) is 13.4. The molecule has 0 spiro atoms. The number of aliphatic hydroxyl groups is 1. The molecule has 0 unspecified atom stereocenters. The van der Waals surface area contributed by atoms with Gasteiger partial charge >= 0.3 is 0 Å². The molecule has 0 radical (unpaired) electrons. The van der Waals surface area contributed by atoms with Gasteiger partial charge in [-0.3, -0.25) is 4.79 Å². The molecule has 0 aliphatic heterocycles. The molecule has 0 atom stereocenters. The van der Waals surface area contributed by atoms with Crippen LogP contribution in [0.15, 0.2) is 30.0 Å². The van der Waals surface area contributed by atoms with Crippen molar-refractivity contribution < 1.29 is 9.90 Å². The van der Waals surface area contributed by atoms with Gasteiger partial charge in [-0.2, -0.15) is 5.26 Å². The van der Waals surface area contributed by atoms with Crippen LogP contribution < -0.4 is 10.6 Å². The van der Waals surface area contributed by atoms with E-state index in [0.717, 1.165) is 19.3 Å². The summed E-state index contributed by atoms with van der Waals surface area (Å²) in [6.45, 7) is 0.790. The maximum absolute atomic E-state index is 12.0. The molecule has 3 N–H and O–H groups in total. The molecule has 1 aromatic rings. The second-order valence-electron chi connectivity index (χ2n) is 4.49. The van der Waals surface area contributed by atoms with E-state index in [1.807, 2.05) is 6.07 Å². The molecule has 0 saturated heterocycles. The van der Waals surface area contributed by atoms with Crippen molar-refractivity contribution >= 4 is 34.8 Å². The summed E-state index contributed by atoms with van der Waals surface area (Å²) in [5, 5.41) is 23.9. The van der Waals surface area contributed by atoms with Gasteiger partial charge in [0.05, 0.1) is 10.7 Å². The number of nitrogens with zero attached hydrogens (tertiary/aromatic N) is 1. The van der Waals surface area contributed by atoms with Crippen LogP contribution in [0.1, 0.15) is 19.3 Å². The first-order valence-corrected chi connectivity index (χ1v) is 7.55. The second-order valence-corrected chi connectivity index (χ2v) is 5.33. The highest BCUT2D eigenvalue weighted by atomic mass is 35.5. The molecular weight excluding hydrogens is 325 g/mol. The molecule has 1 amide bonds. The number of anilines is 1. The van der Waals surface area contributed by atoms with Gasteiger partial charge in [0, 0.05) is 24.4 Å². The van der Waals surface area contributed by atoms with Crippen LogP contribution in [0.3, 0.4) is 0 Å². The van der Waals surface area contributed by atoms with Gasteiger partial charge in [0.25, 0.3) is 5.91 Å². The first-order valence-electron chi connectivity index (χ1n) is 6.79. The minimum atomic E-state index is -0.561. The Bertz CT molecular complexity index is 583. The van der Waals surface area contributed by atoms with Gasteiger partial charge in [-0.15, -0.1) is 0 Å². The van der Waals surface area contributed by atoms with Crippen molar-refractivity contribution in [1.82, 2.24) is 5.32 Å². The van der Waals surface area contributed by atoms with E-state index in [-0.39, 0.29) is 12.2 Å². The number of hydrogen-bond donors (Lipinski definition) is 3. The standard InChI is InChI=1S/C15H17Cl2N3O2/c16-12-4-5-13(17)14(8-12)20-15(22)11(9-18)10-19-6-2-1-3-7-21/h4-5,8,10,19,21H,1-3,6-7H2,(H,20,22)/b11-10-. The van der Waals surface area contributed by atoms with E-state index in [2.05, 4.69) is 10.6 Å². The fraction of sp³-hybridized carbons (Fsp3) is 0.333. The van der Waals surface area contributed by atoms with Crippen molar-refractivity contribution in [2.75, 3.05) is 18.5 Å². The number of carbonyl (C=O) groups excluding carboxylic acids is 1. The average molecular weight is 342 g/mol. The second kappa shape index (κ2) is 10.1. The fourth-order valence-corrected chi connectivity index (χ4v) is 1.96. The minimum Gasteiger partial charge on any atom is -0.396 e. The summed E-state index contributed by atoms with van der Waals surface area (Å²) in [5.41, 5.74) is 0.293. The Labute approximate surface area is 139 Å². The molecule has 0 saturated carbocycles. The molecule has 0 aromatic heterocycles. The van der Waals surface area contributed by atoms with Gasteiger partial charge in [0.2, 0.25) is 0 Å². The SMILES string of the molecule is N#C/C(=C/NCCCCCO)C(=O)Nc1cc(Cl)ccc1Cl. The van der Waals surface area contributed by atoms with E-state index in [4.69, 9.17) is 33.6 Å². The van der Waals surface area contributed by atoms with Crippen LogP contribution in [0.4, 0.5) is 5.69 Å². The molecule has 0 aliphatic rings. The van der Waals surface area contributed by atoms with Crippen LogP contribution in [0.5, 0.6) is 0 Å². The van der Waals surface area contributed by atoms with Crippen LogP contribution >= 0.6 is 23.2 Å². The van der Waals surface area contributed by atoms with E-state index in [0.29, 0.717) is 22.3 Å². The predicted octanol–water partition coefficient (Wildman–Crippen LogP) is 3.09. The van der Waals surface area contributed by atoms with Crippen LogP contribution in [0, 0.1) is 11.3 Å². The van der Waals surface area contributed by atoms with Crippen LogP contribution in [-0.2, 0) is 4.79 Å². The molecule has 22 heavy (non-hydrogen) atoms. The van der Waals surface area contributed by atoms with Crippen molar-refractivity contribution in [3.63, 3.8) is 0 Å². The number of halogens is 2. The summed E-state index contributed by atoms with van der Waals surface area (Å²) < 4.78 is 0. The number of amides is 1. The number of rotatable bonds is 8. The third-order valence-corrected chi connectivity index (χ3v) is 3.33. The lowest BCUT2D eigenvalue weighted by molar-refractivity contribution is -0.112. The summed E-state index contributed by atoms with van der Waals surface area (Å²) in [6, 6.07) is 6.51. The number of nitrogens with one attached hydrogen (secondary N) is 2. The third kappa shape index (κ3) is 6.35. The van der Waals surface area contributed by atoms with Gasteiger partial charge in [0.1, 0.15) is 11.6 Å². The third-order valence-electron chi connectivity index (χ3n) is 2.77. The van der Waals surface area contributed by atoms with Gasteiger partial charge in [-0.25, -0.2) is 0 Å². The van der Waals surface area contributed by atoms with E-state index in [9.17, 15) is 4.79 Å². The average Bonchev–Trinajstić information content (AvgIpc) is 2.50. The Kier molecular flexibility index (Phi) is 8.38. The quantitative estimate of drug-likeness (QED) is 0.385. The first kappa shape index (κ1) is 18.3. The normalized spacial score (nSPS) is 10.9. The molecule has 1 aromatic carbocycles. The Morgan fingerprint density at radius 2 is 2.09 bits per heavy atom. The largest absolute Gasteiger partial charge is 0.396 e. The van der Waals surface area contributed by atoms with Gasteiger partial charge in [0.15, 0.2) is 0 Å². The summed E-state index contributed by atoms with van der Waals surface area (Å²) in [4.78, 5) is 12.0. The smallest absolute Gasteiger partial charge is 0.267 e. The number of carbonyl (C=O) groups is 1. The molecule has 118 valence electrons. The van der Waals surface area contributed by atoms with Gasteiger partial charge < -0.3 is 15.7 Å². The van der Waals surface area contributed by atoms with Gasteiger partial charge in [-0.1, -0.05) is 23.2 Å². The Hall–Kier alpha value is -1.74. The van der Waals surface area contributed by atoms with E-state index in [1.165, 1.54) is 12.3 Å². The lowest BCUT2D eigenvalue weighted by Crippen LogP contribution is -2.17. The van der Waals surface area contributed by atoms with Crippen LogP contribution in [0.25, 0.3) is 0 Å². The highest BCUT2D eigenvalue weighted by molar-refractivity contribution is 6.35. The molecule has 0 bridgehead atoms. The Morgan fingerprint density at radius 3 is 2.77 bits per heavy atom. The molecule has 0 fully saturated rings. The maximum Gasteiger partial charge on any atom is 0.267 e. The fourth-order valence-electron chi connectivity index (χ4n) is 1.62. The number of benzene rings is 1. The summed E-state index contributed by atoms with van der Waals surface area (Å²) in [5.74, 6) is -0.561. The Balaban J connectivity index is 2.57. The van der Waals surface area contributed by atoms with Crippen molar-refractivity contribution in [1.29, 1.82) is 5.26 Å². The number of nitriles is 1. The zero-order chi connectivity index (χ0) is 16.4. The van der Waals surface area contributed by atoms with Crippen LogP contribution in [0.2, 0.25) is 10.0 Å². The molecule has 0 aliphatic carbocycles. The van der Waals surface area contributed by atoms with Crippen molar-refractivity contribution in [3.8, 4) is 6.07 Å². The topological polar surface area (TPSA) is 85.2 Å². The molecule has 1 rings (SSSR count). The van der Waals surface area contributed by atoms with E-state index in [1.54, 1.807) is 12.1 Å². The monoisotopic (exact) mass is 341 g/mol. The number of hydrogen-bond acceptors (Lipinski definition) is 4. The summed E-state index contributed by atoms with van der Waals surface area (Å²) >= 11 is 11.8. The molecule has 5 nitrogen and oxygen atoms in total. The summed E-state index contributed by atoms with van der Waals surface area (Å²) in [6.07, 6.45) is 3.83. The van der Waals surface area contributed by atoms with Crippen LogP contribution in [-0.4, -0.2) is 24.2 Å². The lowest BCUT2D eigenvalue weighted by Gasteiger charge is -2.07. The van der Waals surface area contributed by atoms with Crippen molar-refractivity contribution in [3.05, 3.63) is 40.0 Å². The van der Waals surface area contributed by atoms with E-state index >= 15 is 0 Å². The summed E-state index contributed by atoms with van der Waals surface area (Å²) in [7, 11) is 0. The van der Waals surface area contributed by atoms with E-state index < -0.39 is 5.91 Å². The molecule has 7 heteroatoms. The number of aliphatic hydroxyl groups excluding tert-OH is 1. The highest BCUT2D eigenvalue weighted by Crippen LogP contribution is 2.25. The highest BCUT2D eigenvalue weighted by Gasteiger charge is 2.11.